The summed E-state index contributed by atoms with van der Waals surface area (Å²) in [6.07, 6.45) is 1.60. The predicted octanol–water partition coefficient (Wildman–Crippen LogP) is 3.36. The SMILES string of the molecule is CCOC(=O)CNC(=O)C(Cc1ccccc1)CN1CCC(c2cccc(O)c2)C(C)C1. The van der Waals surface area contributed by atoms with Crippen LogP contribution in [0.1, 0.15) is 37.3 Å². The normalized spacial score (nSPS) is 19.8. The Morgan fingerprint density at radius 3 is 2.66 bits per heavy atom. The monoisotopic (exact) mass is 438 g/mol. The Hall–Kier alpha value is -2.86. The third kappa shape index (κ3) is 6.82. The molecule has 172 valence electrons. The van der Waals surface area contributed by atoms with E-state index in [2.05, 4.69) is 23.2 Å². The van der Waals surface area contributed by atoms with Gasteiger partial charge < -0.3 is 20.1 Å². The largest absolute Gasteiger partial charge is 0.508 e. The molecule has 1 aliphatic heterocycles. The number of nitrogens with zero attached hydrogens (tertiary/aromatic N) is 1. The van der Waals surface area contributed by atoms with Crippen LogP contribution in [0, 0.1) is 11.8 Å². The lowest BCUT2D eigenvalue weighted by molar-refractivity contribution is -0.143. The average molecular weight is 439 g/mol. The van der Waals surface area contributed by atoms with Crippen molar-refractivity contribution in [2.75, 3.05) is 32.8 Å². The van der Waals surface area contributed by atoms with Crippen LogP contribution in [0.2, 0.25) is 0 Å². The van der Waals surface area contributed by atoms with Gasteiger partial charge in [0.2, 0.25) is 5.91 Å². The number of hydrogen-bond acceptors (Lipinski definition) is 5. The minimum Gasteiger partial charge on any atom is -0.508 e. The minimum absolute atomic E-state index is 0.103. The number of phenols is 1. The first-order valence-corrected chi connectivity index (χ1v) is 11.4. The van der Waals surface area contributed by atoms with Crippen LogP contribution in [0.25, 0.3) is 0 Å². The van der Waals surface area contributed by atoms with Crippen molar-refractivity contribution in [1.29, 1.82) is 0 Å². The summed E-state index contributed by atoms with van der Waals surface area (Å²) in [6.45, 7) is 6.59. The second kappa shape index (κ2) is 11.7. The van der Waals surface area contributed by atoms with Crippen LogP contribution in [0.15, 0.2) is 54.6 Å². The molecule has 2 aromatic rings. The zero-order chi connectivity index (χ0) is 22.9. The molecular formula is C26H34N2O4. The molecule has 6 nitrogen and oxygen atoms in total. The molecule has 3 atom stereocenters. The van der Waals surface area contributed by atoms with Gasteiger partial charge in [-0.2, -0.15) is 0 Å². The Labute approximate surface area is 190 Å². The molecule has 1 fully saturated rings. The van der Waals surface area contributed by atoms with E-state index in [9.17, 15) is 14.7 Å². The van der Waals surface area contributed by atoms with Gasteiger partial charge in [0.15, 0.2) is 0 Å². The number of ether oxygens (including phenoxy) is 1. The van der Waals surface area contributed by atoms with Crippen molar-refractivity contribution >= 4 is 11.9 Å². The van der Waals surface area contributed by atoms with Crippen LogP contribution in [0.3, 0.4) is 0 Å². The van der Waals surface area contributed by atoms with E-state index in [4.69, 9.17) is 4.74 Å². The number of piperidine rings is 1. The van der Waals surface area contributed by atoms with E-state index >= 15 is 0 Å². The Balaban J connectivity index is 1.63. The summed E-state index contributed by atoms with van der Waals surface area (Å²) in [4.78, 5) is 27.0. The number of hydrogen-bond donors (Lipinski definition) is 2. The quantitative estimate of drug-likeness (QED) is 0.587. The molecule has 0 aromatic heterocycles. The molecule has 0 spiro atoms. The van der Waals surface area contributed by atoms with E-state index < -0.39 is 5.97 Å². The van der Waals surface area contributed by atoms with Crippen molar-refractivity contribution in [2.24, 2.45) is 11.8 Å². The van der Waals surface area contributed by atoms with Gasteiger partial charge in [-0.3, -0.25) is 9.59 Å². The van der Waals surface area contributed by atoms with Gasteiger partial charge >= 0.3 is 5.97 Å². The summed E-state index contributed by atoms with van der Waals surface area (Å²) in [5.41, 5.74) is 2.27. The Morgan fingerprint density at radius 1 is 1.19 bits per heavy atom. The maximum Gasteiger partial charge on any atom is 0.325 e. The molecule has 1 amide bonds. The highest BCUT2D eigenvalue weighted by molar-refractivity contribution is 5.83. The Kier molecular flexibility index (Phi) is 8.68. The summed E-state index contributed by atoms with van der Waals surface area (Å²) in [5.74, 6) is 0.313. The number of esters is 1. The van der Waals surface area contributed by atoms with Crippen LogP contribution in [-0.2, 0) is 20.7 Å². The van der Waals surface area contributed by atoms with Gasteiger partial charge in [0.25, 0.3) is 0 Å². The van der Waals surface area contributed by atoms with Crippen LogP contribution >= 0.6 is 0 Å². The number of rotatable bonds is 9. The number of carbonyl (C=O) groups is 2. The van der Waals surface area contributed by atoms with E-state index in [1.165, 1.54) is 5.56 Å². The molecule has 0 bridgehead atoms. The molecule has 0 aliphatic carbocycles. The molecule has 3 unspecified atom stereocenters. The number of aromatic hydroxyl groups is 1. The number of benzene rings is 2. The second-order valence-electron chi connectivity index (χ2n) is 8.64. The third-order valence-corrected chi connectivity index (χ3v) is 6.17. The summed E-state index contributed by atoms with van der Waals surface area (Å²) in [6, 6.07) is 17.5. The summed E-state index contributed by atoms with van der Waals surface area (Å²) >= 11 is 0. The van der Waals surface area contributed by atoms with Crippen LogP contribution in [-0.4, -0.2) is 54.7 Å². The third-order valence-electron chi connectivity index (χ3n) is 6.17. The summed E-state index contributed by atoms with van der Waals surface area (Å²) < 4.78 is 4.93. The van der Waals surface area contributed by atoms with Gasteiger partial charge in [-0.15, -0.1) is 0 Å². The fourth-order valence-corrected chi connectivity index (χ4v) is 4.61. The molecule has 32 heavy (non-hydrogen) atoms. The van der Waals surface area contributed by atoms with Crippen molar-refractivity contribution in [3.8, 4) is 5.75 Å². The van der Waals surface area contributed by atoms with Gasteiger partial charge in [0.05, 0.1) is 12.5 Å². The molecule has 2 N–H and O–H groups in total. The number of carbonyl (C=O) groups excluding carboxylic acids is 2. The number of likely N-dealkylation sites (tertiary alicyclic amines) is 1. The lowest BCUT2D eigenvalue weighted by Gasteiger charge is -2.38. The highest BCUT2D eigenvalue weighted by Crippen LogP contribution is 2.34. The predicted molar refractivity (Wildman–Crippen MR) is 124 cm³/mol. The molecular weight excluding hydrogens is 404 g/mol. The van der Waals surface area contributed by atoms with Gasteiger partial charge in [0.1, 0.15) is 12.3 Å². The second-order valence-corrected chi connectivity index (χ2v) is 8.64. The molecule has 1 aliphatic rings. The number of phenolic OH excluding ortho intramolecular Hbond substituents is 1. The summed E-state index contributed by atoms with van der Waals surface area (Å²) in [7, 11) is 0. The van der Waals surface area contributed by atoms with Gasteiger partial charge in [-0.25, -0.2) is 0 Å². The zero-order valence-corrected chi connectivity index (χ0v) is 19.0. The van der Waals surface area contributed by atoms with Crippen LogP contribution in [0.5, 0.6) is 5.75 Å². The fraction of sp³-hybridized carbons (Fsp3) is 0.462. The van der Waals surface area contributed by atoms with Gasteiger partial charge in [-0.05, 0) is 61.4 Å². The highest BCUT2D eigenvalue weighted by atomic mass is 16.5. The van der Waals surface area contributed by atoms with Crippen LogP contribution < -0.4 is 5.32 Å². The van der Waals surface area contributed by atoms with Crippen molar-refractivity contribution in [1.82, 2.24) is 10.2 Å². The minimum atomic E-state index is -0.417. The Bertz CT molecular complexity index is 886. The first-order chi connectivity index (χ1) is 15.5. The molecule has 0 radical (unpaired) electrons. The number of nitrogens with one attached hydrogen (secondary N) is 1. The van der Waals surface area contributed by atoms with E-state index in [-0.39, 0.29) is 18.4 Å². The van der Waals surface area contributed by atoms with Crippen molar-refractivity contribution < 1.29 is 19.4 Å². The lowest BCUT2D eigenvalue weighted by atomic mass is 9.81. The summed E-state index contributed by atoms with van der Waals surface area (Å²) in [5, 5.41) is 12.6. The van der Waals surface area contributed by atoms with Crippen molar-refractivity contribution in [2.45, 2.75) is 32.6 Å². The van der Waals surface area contributed by atoms with Gasteiger partial charge in [-0.1, -0.05) is 49.4 Å². The zero-order valence-electron chi connectivity index (χ0n) is 19.0. The average Bonchev–Trinajstić information content (AvgIpc) is 2.78. The standard InChI is InChI=1S/C26H34N2O4/c1-3-32-25(30)16-27-26(31)22(14-20-8-5-4-6-9-20)18-28-13-12-24(19(2)17-28)21-10-7-11-23(29)15-21/h4-11,15,19,22,24,29H,3,12-14,16-18H2,1-2H3,(H,27,31). The molecule has 6 heteroatoms. The van der Waals surface area contributed by atoms with Crippen LogP contribution in [0.4, 0.5) is 0 Å². The van der Waals surface area contributed by atoms with Crippen molar-refractivity contribution in [3.05, 3.63) is 65.7 Å². The van der Waals surface area contributed by atoms with E-state index in [0.29, 0.717) is 37.2 Å². The topological polar surface area (TPSA) is 78.9 Å². The van der Waals surface area contributed by atoms with Gasteiger partial charge in [0, 0.05) is 13.1 Å². The fourth-order valence-electron chi connectivity index (χ4n) is 4.61. The molecule has 2 aromatic carbocycles. The van der Waals surface area contributed by atoms with E-state index in [0.717, 1.165) is 25.1 Å². The lowest BCUT2D eigenvalue weighted by Crippen LogP contribution is -2.46. The number of amides is 1. The van der Waals surface area contributed by atoms with Crippen molar-refractivity contribution in [3.63, 3.8) is 0 Å². The Morgan fingerprint density at radius 2 is 1.97 bits per heavy atom. The molecule has 1 heterocycles. The highest BCUT2D eigenvalue weighted by Gasteiger charge is 2.30. The van der Waals surface area contributed by atoms with E-state index in [1.807, 2.05) is 42.5 Å². The maximum atomic E-state index is 13.0. The maximum absolute atomic E-state index is 13.0. The molecule has 1 saturated heterocycles. The first kappa shape index (κ1) is 23.8. The van der Waals surface area contributed by atoms with E-state index in [1.54, 1.807) is 13.0 Å². The first-order valence-electron chi connectivity index (χ1n) is 11.4. The molecule has 0 saturated carbocycles. The smallest absolute Gasteiger partial charge is 0.325 e. The molecule has 3 rings (SSSR count).